The molecule has 0 unspecified atom stereocenters. The van der Waals surface area contributed by atoms with E-state index in [0.717, 1.165) is 5.56 Å². The molecule has 21 heavy (non-hydrogen) atoms. The minimum absolute atomic E-state index is 0.158. The van der Waals surface area contributed by atoms with Crippen LogP contribution in [0, 0.1) is 5.82 Å². The summed E-state index contributed by atoms with van der Waals surface area (Å²) in [5.41, 5.74) is 1.49. The maximum Gasteiger partial charge on any atom is 0.360 e. The van der Waals surface area contributed by atoms with Gasteiger partial charge < -0.3 is 9.47 Å². The smallest absolute Gasteiger partial charge is 0.360 e. The van der Waals surface area contributed by atoms with Crippen molar-refractivity contribution in [2.24, 2.45) is 0 Å². The number of aromatic nitrogens is 3. The van der Waals surface area contributed by atoms with Crippen LogP contribution in [-0.2, 0) is 22.4 Å². The summed E-state index contributed by atoms with van der Waals surface area (Å²) in [6.07, 6.45) is 0.462. The topological polar surface area (TPSA) is 66.2 Å². The molecule has 0 aliphatic heterocycles. The van der Waals surface area contributed by atoms with E-state index in [1.54, 1.807) is 23.9 Å². The lowest BCUT2D eigenvalue weighted by molar-refractivity contribution is 0.0592. The van der Waals surface area contributed by atoms with Crippen LogP contribution in [0.15, 0.2) is 24.3 Å². The molecule has 0 N–H and O–H groups in total. The summed E-state index contributed by atoms with van der Waals surface area (Å²) in [6.45, 7) is 0.737. The third-order valence-corrected chi connectivity index (χ3v) is 2.98. The van der Waals surface area contributed by atoms with Crippen molar-refractivity contribution < 1.29 is 18.7 Å². The van der Waals surface area contributed by atoms with E-state index >= 15 is 0 Å². The number of halogens is 1. The van der Waals surface area contributed by atoms with Crippen molar-refractivity contribution in [1.82, 2.24) is 15.0 Å². The molecule has 6 nitrogen and oxygen atoms in total. The molecule has 0 atom stereocenters. The fraction of sp³-hybridized carbons (Fsp3) is 0.357. The van der Waals surface area contributed by atoms with Gasteiger partial charge >= 0.3 is 5.97 Å². The minimum atomic E-state index is -0.549. The van der Waals surface area contributed by atoms with Crippen LogP contribution in [0.5, 0.6) is 0 Å². The molecule has 112 valence electrons. The van der Waals surface area contributed by atoms with E-state index in [-0.39, 0.29) is 11.5 Å². The first-order chi connectivity index (χ1) is 10.2. The van der Waals surface area contributed by atoms with Gasteiger partial charge in [-0.1, -0.05) is 17.3 Å². The van der Waals surface area contributed by atoms with Crippen molar-refractivity contribution in [1.29, 1.82) is 0 Å². The Hall–Kier alpha value is -2.28. The highest BCUT2D eigenvalue weighted by Gasteiger charge is 2.20. The van der Waals surface area contributed by atoms with Crippen LogP contribution in [0.1, 0.15) is 21.7 Å². The van der Waals surface area contributed by atoms with Gasteiger partial charge in [-0.05, 0) is 17.7 Å². The van der Waals surface area contributed by atoms with Crippen molar-refractivity contribution in [3.8, 4) is 0 Å². The van der Waals surface area contributed by atoms with Crippen molar-refractivity contribution in [2.45, 2.75) is 13.0 Å². The third-order valence-electron chi connectivity index (χ3n) is 2.98. The highest BCUT2D eigenvalue weighted by Crippen LogP contribution is 2.12. The van der Waals surface area contributed by atoms with Gasteiger partial charge in [0.25, 0.3) is 0 Å². The number of esters is 1. The van der Waals surface area contributed by atoms with Crippen LogP contribution >= 0.6 is 0 Å². The van der Waals surface area contributed by atoms with Crippen molar-refractivity contribution in [3.05, 3.63) is 47.0 Å². The van der Waals surface area contributed by atoms with Gasteiger partial charge in [0.2, 0.25) is 0 Å². The Morgan fingerprint density at radius 3 is 2.86 bits per heavy atom. The fourth-order valence-electron chi connectivity index (χ4n) is 1.97. The van der Waals surface area contributed by atoms with Crippen LogP contribution < -0.4 is 0 Å². The molecule has 1 aromatic heterocycles. The number of hydrogen-bond acceptors (Lipinski definition) is 5. The first-order valence-electron chi connectivity index (χ1n) is 6.39. The molecule has 2 aromatic rings. The van der Waals surface area contributed by atoms with Crippen LogP contribution in [-0.4, -0.2) is 41.8 Å². The van der Waals surface area contributed by atoms with Crippen LogP contribution in [0.3, 0.4) is 0 Å². The zero-order chi connectivity index (χ0) is 15.2. The first kappa shape index (κ1) is 15.1. The number of hydrogen-bond donors (Lipinski definition) is 0. The molecule has 2 rings (SSSR count). The van der Waals surface area contributed by atoms with E-state index in [1.165, 1.54) is 19.2 Å². The van der Waals surface area contributed by atoms with Gasteiger partial charge in [0.15, 0.2) is 5.69 Å². The second-order valence-corrected chi connectivity index (χ2v) is 4.41. The molecule has 1 aromatic carbocycles. The summed E-state index contributed by atoms with van der Waals surface area (Å²) in [5, 5.41) is 7.80. The third kappa shape index (κ3) is 3.63. The predicted octanol–water partition coefficient (Wildman–Crippen LogP) is 1.44. The highest BCUT2D eigenvalue weighted by molar-refractivity contribution is 5.88. The van der Waals surface area contributed by atoms with E-state index in [0.29, 0.717) is 25.3 Å². The number of nitrogens with zero attached hydrogens (tertiary/aromatic N) is 3. The zero-order valence-corrected chi connectivity index (χ0v) is 11.9. The Morgan fingerprint density at radius 1 is 1.38 bits per heavy atom. The van der Waals surface area contributed by atoms with Gasteiger partial charge in [0, 0.05) is 13.5 Å². The average molecular weight is 293 g/mol. The van der Waals surface area contributed by atoms with E-state index in [9.17, 15) is 9.18 Å². The monoisotopic (exact) mass is 293 g/mol. The van der Waals surface area contributed by atoms with Crippen molar-refractivity contribution >= 4 is 5.97 Å². The molecule has 0 spiro atoms. The van der Waals surface area contributed by atoms with E-state index < -0.39 is 5.97 Å². The summed E-state index contributed by atoms with van der Waals surface area (Å²) in [5.74, 6) is -0.870. The molecular weight excluding hydrogens is 277 g/mol. The molecule has 7 heteroatoms. The predicted molar refractivity (Wildman–Crippen MR) is 72.4 cm³/mol. The Kier molecular flexibility index (Phi) is 4.99. The van der Waals surface area contributed by atoms with E-state index in [1.807, 2.05) is 0 Å². The van der Waals surface area contributed by atoms with E-state index in [4.69, 9.17) is 4.74 Å². The number of carbonyl (C=O) groups excluding carboxylic acids is 1. The molecule has 0 aliphatic rings. The van der Waals surface area contributed by atoms with Gasteiger partial charge in [-0.2, -0.15) is 0 Å². The van der Waals surface area contributed by atoms with E-state index in [2.05, 4.69) is 15.0 Å². The SMILES string of the molecule is COCCc1c(C(=O)OC)nnn1Cc1cccc(F)c1. The number of carbonyl (C=O) groups is 1. The standard InChI is InChI=1S/C14H16FN3O3/c1-20-7-6-12-13(14(19)21-2)16-17-18(12)9-10-4-3-5-11(15)8-10/h3-5,8H,6-7,9H2,1-2H3. The summed E-state index contributed by atoms with van der Waals surface area (Å²) in [7, 11) is 2.85. The maximum atomic E-state index is 13.2. The van der Waals surface area contributed by atoms with Crippen molar-refractivity contribution in [2.75, 3.05) is 20.8 Å². The molecule has 0 aliphatic carbocycles. The minimum Gasteiger partial charge on any atom is -0.464 e. The number of benzene rings is 1. The second-order valence-electron chi connectivity index (χ2n) is 4.41. The second kappa shape index (κ2) is 6.94. The molecule has 0 fully saturated rings. The lowest BCUT2D eigenvalue weighted by Crippen LogP contribution is -2.12. The molecule has 0 bridgehead atoms. The molecule has 1 heterocycles. The molecular formula is C14H16FN3O3. The normalized spacial score (nSPS) is 10.6. The van der Waals surface area contributed by atoms with Crippen LogP contribution in [0.2, 0.25) is 0 Å². The van der Waals surface area contributed by atoms with Gasteiger partial charge in [-0.3, -0.25) is 0 Å². The summed E-state index contributed by atoms with van der Waals surface area (Å²) in [4.78, 5) is 11.7. The Morgan fingerprint density at radius 2 is 2.19 bits per heavy atom. The lowest BCUT2D eigenvalue weighted by Gasteiger charge is -2.07. The number of rotatable bonds is 6. The number of ether oxygens (including phenoxy) is 2. The van der Waals surface area contributed by atoms with Gasteiger partial charge in [-0.15, -0.1) is 5.10 Å². The largest absolute Gasteiger partial charge is 0.464 e. The molecule has 0 saturated heterocycles. The Labute approximate surface area is 121 Å². The van der Waals surface area contributed by atoms with Crippen LogP contribution in [0.25, 0.3) is 0 Å². The Bertz CT molecular complexity index is 628. The van der Waals surface area contributed by atoms with Crippen molar-refractivity contribution in [3.63, 3.8) is 0 Å². The summed E-state index contributed by atoms with van der Waals surface area (Å²) >= 11 is 0. The Balaban J connectivity index is 2.29. The maximum absolute atomic E-state index is 13.2. The summed E-state index contributed by atoms with van der Waals surface area (Å²) < 4.78 is 24.5. The first-order valence-corrected chi connectivity index (χ1v) is 6.39. The van der Waals surface area contributed by atoms with Gasteiger partial charge in [0.1, 0.15) is 5.82 Å². The van der Waals surface area contributed by atoms with Gasteiger partial charge in [-0.25, -0.2) is 13.9 Å². The van der Waals surface area contributed by atoms with Crippen LogP contribution in [0.4, 0.5) is 4.39 Å². The molecule has 0 radical (unpaired) electrons. The summed E-state index contributed by atoms with van der Waals surface area (Å²) in [6, 6.07) is 6.19. The lowest BCUT2D eigenvalue weighted by atomic mass is 10.2. The quantitative estimate of drug-likeness (QED) is 0.754. The fourth-order valence-corrected chi connectivity index (χ4v) is 1.97. The molecule has 0 amide bonds. The number of methoxy groups -OCH3 is 2. The zero-order valence-electron chi connectivity index (χ0n) is 11.9. The highest BCUT2D eigenvalue weighted by atomic mass is 19.1. The average Bonchev–Trinajstić information content (AvgIpc) is 2.87. The van der Waals surface area contributed by atoms with Gasteiger partial charge in [0.05, 0.1) is 26.0 Å². The molecule has 0 saturated carbocycles.